The molecular weight excluding hydrogens is 282 g/mol. The summed E-state index contributed by atoms with van der Waals surface area (Å²) in [5, 5.41) is 1.91. The van der Waals surface area contributed by atoms with E-state index in [1.807, 2.05) is 49.5 Å². The number of aryl methyl sites for hydroxylation is 1. The summed E-state index contributed by atoms with van der Waals surface area (Å²) in [4.78, 5) is 8.80. The minimum absolute atomic E-state index is 0.821. The summed E-state index contributed by atoms with van der Waals surface area (Å²) in [5.74, 6) is 0.821. The van der Waals surface area contributed by atoms with E-state index in [4.69, 9.17) is 4.74 Å². The summed E-state index contributed by atoms with van der Waals surface area (Å²) in [6, 6.07) is 11.9. The molecule has 4 nitrogen and oxygen atoms in total. The third-order valence-electron chi connectivity index (χ3n) is 3.10. The zero-order valence-electron chi connectivity index (χ0n) is 11.8. The van der Waals surface area contributed by atoms with Crippen molar-refractivity contribution in [3.05, 3.63) is 54.4 Å². The number of methoxy groups -OCH3 is 1. The van der Waals surface area contributed by atoms with Crippen LogP contribution in [0.15, 0.2) is 53.8 Å². The van der Waals surface area contributed by atoms with Crippen molar-refractivity contribution < 1.29 is 4.74 Å². The van der Waals surface area contributed by atoms with Crippen LogP contribution in [0.25, 0.3) is 10.9 Å². The number of ether oxygens (including phenoxy) is 1. The largest absolute Gasteiger partial charge is 0.496 e. The van der Waals surface area contributed by atoms with E-state index >= 15 is 0 Å². The van der Waals surface area contributed by atoms with Gasteiger partial charge in [-0.05, 0) is 42.8 Å². The van der Waals surface area contributed by atoms with Gasteiger partial charge < -0.3 is 9.46 Å². The SMILES string of the molecule is COc1ccc(NSc2ccc(C)cn2)c2ncccc12. The zero-order valence-corrected chi connectivity index (χ0v) is 12.6. The van der Waals surface area contributed by atoms with Gasteiger partial charge in [-0.3, -0.25) is 4.98 Å². The van der Waals surface area contributed by atoms with Crippen molar-refractivity contribution in [2.24, 2.45) is 0 Å². The van der Waals surface area contributed by atoms with Gasteiger partial charge in [0.1, 0.15) is 10.8 Å². The van der Waals surface area contributed by atoms with Crippen LogP contribution in [0.1, 0.15) is 5.56 Å². The molecule has 21 heavy (non-hydrogen) atoms. The van der Waals surface area contributed by atoms with Gasteiger partial charge in [0.05, 0.1) is 18.3 Å². The Kier molecular flexibility index (Phi) is 3.92. The predicted octanol–water partition coefficient (Wildman–Crippen LogP) is 4.07. The first kappa shape index (κ1) is 13.7. The average molecular weight is 297 g/mol. The molecular formula is C16H15N3OS. The molecule has 0 saturated heterocycles. The Morgan fingerprint density at radius 3 is 2.76 bits per heavy atom. The Labute approximate surface area is 127 Å². The van der Waals surface area contributed by atoms with Gasteiger partial charge in [0.2, 0.25) is 0 Å². The van der Waals surface area contributed by atoms with Crippen molar-refractivity contribution >= 4 is 28.5 Å². The van der Waals surface area contributed by atoms with E-state index in [9.17, 15) is 0 Å². The summed E-state index contributed by atoms with van der Waals surface area (Å²) < 4.78 is 8.68. The Hall–Kier alpha value is -2.27. The van der Waals surface area contributed by atoms with Gasteiger partial charge in [0, 0.05) is 29.7 Å². The average Bonchev–Trinajstić information content (AvgIpc) is 2.54. The van der Waals surface area contributed by atoms with Crippen LogP contribution < -0.4 is 9.46 Å². The standard InChI is InChI=1S/C16H15N3OS/c1-11-5-8-15(18-10-11)21-19-13-6-7-14(20-2)12-4-3-9-17-16(12)13/h3-10,19H,1-2H3. The molecule has 3 rings (SSSR count). The van der Waals surface area contributed by atoms with Crippen LogP contribution in [0.4, 0.5) is 5.69 Å². The van der Waals surface area contributed by atoms with Crippen LogP contribution in [-0.4, -0.2) is 17.1 Å². The lowest BCUT2D eigenvalue weighted by Gasteiger charge is -2.10. The molecule has 0 radical (unpaired) electrons. The lowest BCUT2D eigenvalue weighted by atomic mass is 10.2. The molecule has 0 saturated carbocycles. The molecule has 0 amide bonds. The van der Waals surface area contributed by atoms with E-state index in [-0.39, 0.29) is 0 Å². The van der Waals surface area contributed by atoms with E-state index in [1.54, 1.807) is 13.3 Å². The second-order valence-corrected chi connectivity index (χ2v) is 5.42. The van der Waals surface area contributed by atoms with Crippen LogP contribution >= 0.6 is 11.9 Å². The van der Waals surface area contributed by atoms with Crippen LogP contribution in [0.5, 0.6) is 5.75 Å². The maximum atomic E-state index is 5.37. The number of pyridine rings is 2. The fourth-order valence-electron chi connectivity index (χ4n) is 2.03. The van der Waals surface area contributed by atoms with E-state index in [1.165, 1.54) is 11.9 Å². The molecule has 0 aliphatic rings. The molecule has 0 bridgehead atoms. The summed E-state index contributed by atoms with van der Waals surface area (Å²) in [6.07, 6.45) is 3.64. The first-order valence-electron chi connectivity index (χ1n) is 6.55. The van der Waals surface area contributed by atoms with Crippen LogP contribution in [0.2, 0.25) is 0 Å². The molecule has 106 valence electrons. The fourth-order valence-corrected chi connectivity index (χ4v) is 2.65. The first-order valence-corrected chi connectivity index (χ1v) is 7.37. The zero-order chi connectivity index (χ0) is 14.7. The maximum Gasteiger partial charge on any atom is 0.128 e. The molecule has 0 unspecified atom stereocenters. The van der Waals surface area contributed by atoms with Gasteiger partial charge in [-0.2, -0.15) is 0 Å². The monoisotopic (exact) mass is 297 g/mol. The molecule has 0 atom stereocenters. The van der Waals surface area contributed by atoms with E-state index < -0.39 is 0 Å². The number of nitrogens with zero attached hydrogens (tertiary/aromatic N) is 2. The second kappa shape index (κ2) is 6.01. The number of nitrogens with one attached hydrogen (secondary N) is 1. The van der Waals surface area contributed by atoms with Gasteiger partial charge in [-0.1, -0.05) is 6.07 Å². The molecule has 2 heterocycles. The molecule has 3 aromatic rings. The number of fused-ring (bicyclic) bond motifs is 1. The molecule has 1 N–H and O–H groups in total. The number of hydrogen-bond donors (Lipinski definition) is 1. The van der Waals surface area contributed by atoms with Crippen LogP contribution in [0.3, 0.4) is 0 Å². The van der Waals surface area contributed by atoms with Crippen LogP contribution in [-0.2, 0) is 0 Å². The normalized spacial score (nSPS) is 10.6. The number of hydrogen-bond acceptors (Lipinski definition) is 5. The van der Waals surface area contributed by atoms with Gasteiger partial charge in [0.15, 0.2) is 0 Å². The Morgan fingerprint density at radius 1 is 1.10 bits per heavy atom. The minimum Gasteiger partial charge on any atom is -0.496 e. The number of aromatic nitrogens is 2. The molecule has 0 spiro atoms. The van der Waals surface area contributed by atoms with Gasteiger partial charge in [-0.15, -0.1) is 0 Å². The molecule has 1 aromatic carbocycles. The van der Waals surface area contributed by atoms with Crippen molar-refractivity contribution in [3.63, 3.8) is 0 Å². The van der Waals surface area contributed by atoms with E-state index in [0.717, 1.165) is 32.9 Å². The van der Waals surface area contributed by atoms with Gasteiger partial charge >= 0.3 is 0 Å². The van der Waals surface area contributed by atoms with Crippen molar-refractivity contribution in [1.29, 1.82) is 0 Å². The lowest BCUT2D eigenvalue weighted by Crippen LogP contribution is -1.93. The minimum atomic E-state index is 0.821. The van der Waals surface area contributed by atoms with Crippen molar-refractivity contribution in [1.82, 2.24) is 9.97 Å². The Bertz CT molecular complexity index is 759. The van der Waals surface area contributed by atoms with Gasteiger partial charge in [0.25, 0.3) is 0 Å². The van der Waals surface area contributed by atoms with Crippen molar-refractivity contribution in [2.75, 3.05) is 11.8 Å². The van der Waals surface area contributed by atoms with Crippen LogP contribution in [0, 0.1) is 6.92 Å². The van der Waals surface area contributed by atoms with E-state index in [0.29, 0.717) is 0 Å². The highest BCUT2D eigenvalue weighted by atomic mass is 32.2. The Morgan fingerprint density at radius 2 is 2.00 bits per heavy atom. The van der Waals surface area contributed by atoms with Crippen molar-refractivity contribution in [3.8, 4) is 5.75 Å². The van der Waals surface area contributed by atoms with Gasteiger partial charge in [-0.25, -0.2) is 4.98 Å². The summed E-state index contributed by atoms with van der Waals surface area (Å²) in [6.45, 7) is 2.02. The highest BCUT2D eigenvalue weighted by molar-refractivity contribution is 8.00. The highest BCUT2D eigenvalue weighted by Gasteiger charge is 2.07. The highest BCUT2D eigenvalue weighted by Crippen LogP contribution is 2.32. The maximum absolute atomic E-state index is 5.37. The molecule has 2 aromatic heterocycles. The molecule has 0 aliphatic heterocycles. The summed E-state index contributed by atoms with van der Waals surface area (Å²) >= 11 is 1.47. The lowest BCUT2D eigenvalue weighted by molar-refractivity contribution is 0.420. The molecule has 5 heteroatoms. The third kappa shape index (κ3) is 2.92. The summed E-state index contributed by atoms with van der Waals surface area (Å²) in [5.41, 5.74) is 2.98. The third-order valence-corrected chi connectivity index (χ3v) is 3.87. The number of benzene rings is 1. The fraction of sp³-hybridized carbons (Fsp3) is 0.125. The molecule has 0 aliphatic carbocycles. The number of rotatable bonds is 4. The van der Waals surface area contributed by atoms with Crippen molar-refractivity contribution in [2.45, 2.75) is 11.9 Å². The second-order valence-electron chi connectivity index (χ2n) is 4.59. The smallest absolute Gasteiger partial charge is 0.128 e. The van der Waals surface area contributed by atoms with E-state index in [2.05, 4.69) is 14.7 Å². The first-order chi connectivity index (χ1) is 10.3. The molecule has 0 fully saturated rings. The summed E-state index contributed by atoms with van der Waals surface area (Å²) in [7, 11) is 1.67. The number of anilines is 1. The predicted molar refractivity (Wildman–Crippen MR) is 86.7 cm³/mol. The quantitative estimate of drug-likeness (QED) is 0.736. The Balaban J connectivity index is 1.89. The topological polar surface area (TPSA) is 47.0 Å².